The number of nitrogens with zero attached hydrogens (tertiary/aromatic N) is 3. The van der Waals surface area contributed by atoms with Crippen molar-refractivity contribution in [2.45, 2.75) is 19.0 Å². The summed E-state index contributed by atoms with van der Waals surface area (Å²) in [5.41, 5.74) is -4.05. The van der Waals surface area contributed by atoms with Crippen LogP contribution in [0.15, 0.2) is 6.07 Å². The van der Waals surface area contributed by atoms with Gasteiger partial charge in [0.15, 0.2) is 5.69 Å². The van der Waals surface area contributed by atoms with E-state index < -0.39 is 41.5 Å². The fourth-order valence-corrected chi connectivity index (χ4v) is 1.30. The summed E-state index contributed by atoms with van der Waals surface area (Å²) in [7, 11) is 0. The molecule has 0 aliphatic heterocycles. The highest BCUT2D eigenvalue weighted by Gasteiger charge is 2.37. The van der Waals surface area contributed by atoms with E-state index in [1.54, 1.807) is 0 Å². The van der Waals surface area contributed by atoms with Gasteiger partial charge in [-0.05, 0) is 6.07 Å². The monoisotopic (exact) mass is 261 g/mol. The minimum atomic E-state index is -5.00. The molecule has 1 aromatic rings. The predicted octanol–water partition coefficient (Wildman–Crippen LogP) is 2.98. The number of pyridine rings is 1. The highest BCUT2D eigenvalue weighted by molar-refractivity contribution is 5.44. The summed E-state index contributed by atoms with van der Waals surface area (Å²) in [5.74, 6) is 0. The first-order valence-electron chi connectivity index (χ1n) is 4.47. The van der Waals surface area contributed by atoms with Crippen LogP contribution in [-0.4, -0.2) is 4.98 Å². The van der Waals surface area contributed by atoms with Gasteiger partial charge in [0.05, 0.1) is 24.1 Å². The second-order valence-electron chi connectivity index (χ2n) is 3.17. The Morgan fingerprint density at radius 3 is 2.28 bits per heavy atom. The normalized spacial score (nSPS) is 11.1. The van der Waals surface area contributed by atoms with Crippen LogP contribution in [0, 0.1) is 22.7 Å². The largest absolute Gasteiger partial charge is 0.433 e. The standard InChI is InChI=1S/C10H4F5N3/c11-9(12)7-3-5(4-17)6(1-2-16)8(18-7)10(13,14)15/h3,9H,1H2. The van der Waals surface area contributed by atoms with Gasteiger partial charge in [0, 0.05) is 5.56 Å². The molecule has 18 heavy (non-hydrogen) atoms. The van der Waals surface area contributed by atoms with E-state index in [-0.39, 0.29) is 0 Å². The maximum Gasteiger partial charge on any atom is 0.433 e. The van der Waals surface area contributed by atoms with Gasteiger partial charge in [0.1, 0.15) is 5.69 Å². The van der Waals surface area contributed by atoms with Crippen LogP contribution >= 0.6 is 0 Å². The molecule has 8 heteroatoms. The van der Waals surface area contributed by atoms with Crippen LogP contribution in [-0.2, 0) is 12.6 Å². The Morgan fingerprint density at radius 1 is 1.28 bits per heavy atom. The first-order valence-corrected chi connectivity index (χ1v) is 4.47. The van der Waals surface area contributed by atoms with Crippen molar-refractivity contribution in [1.29, 1.82) is 10.5 Å². The Hall–Kier alpha value is -2.22. The number of hydrogen-bond donors (Lipinski definition) is 0. The second kappa shape index (κ2) is 4.96. The topological polar surface area (TPSA) is 60.5 Å². The lowest BCUT2D eigenvalue weighted by atomic mass is 10.0. The Bertz CT molecular complexity index is 536. The zero-order valence-electron chi connectivity index (χ0n) is 8.59. The van der Waals surface area contributed by atoms with Gasteiger partial charge in [0.25, 0.3) is 6.43 Å². The number of nitriles is 2. The van der Waals surface area contributed by atoms with Gasteiger partial charge in [-0.15, -0.1) is 0 Å². The smallest absolute Gasteiger partial charge is 0.242 e. The van der Waals surface area contributed by atoms with Crippen molar-refractivity contribution in [3.63, 3.8) is 0 Å². The van der Waals surface area contributed by atoms with Gasteiger partial charge in [-0.1, -0.05) is 0 Å². The Kier molecular flexibility index (Phi) is 3.82. The van der Waals surface area contributed by atoms with Crippen LogP contribution in [0.25, 0.3) is 0 Å². The molecule has 0 aliphatic carbocycles. The van der Waals surface area contributed by atoms with E-state index in [1.165, 1.54) is 12.1 Å². The van der Waals surface area contributed by atoms with Crippen molar-refractivity contribution in [2.24, 2.45) is 0 Å². The van der Waals surface area contributed by atoms with Gasteiger partial charge in [-0.3, -0.25) is 0 Å². The zero-order valence-corrected chi connectivity index (χ0v) is 8.59. The fraction of sp³-hybridized carbons (Fsp3) is 0.300. The second-order valence-corrected chi connectivity index (χ2v) is 3.17. The Morgan fingerprint density at radius 2 is 1.89 bits per heavy atom. The lowest BCUT2D eigenvalue weighted by molar-refractivity contribution is -0.142. The molecule has 0 unspecified atom stereocenters. The van der Waals surface area contributed by atoms with E-state index in [9.17, 15) is 22.0 Å². The molecule has 0 atom stereocenters. The Labute approximate surface area is 98.1 Å². The van der Waals surface area contributed by atoms with E-state index in [1.807, 2.05) is 0 Å². The van der Waals surface area contributed by atoms with Crippen molar-refractivity contribution in [1.82, 2.24) is 4.98 Å². The molecule has 94 valence electrons. The first kappa shape index (κ1) is 13.8. The molecule has 0 fully saturated rings. The summed E-state index contributed by atoms with van der Waals surface area (Å²) in [4.78, 5) is 2.79. The van der Waals surface area contributed by atoms with Gasteiger partial charge in [-0.2, -0.15) is 23.7 Å². The molecule has 0 radical (unpaired) electrons. The summed E-state index contributed by atoms with van der Waals surface area (Å²) in [6.45, 7) is 0. The molecule has 0 N–H and O–H groups in total. The third-order valence-corrected chi connectivity index (χ3v) is 2.01. The van der Waals surface area contributed by atoms with Crippen LogP contribution in [0.2, 0.25) is 0 Å². The van der Waals surface area contributed by atoms with E-state index in [2.05, 4.69) is 4.98 Å². The minimum Gasteiger partial charge on any atom is -0.242 e. The molecule has 0 aromatic carbocycles. The number of aromatic nitrogens is 1. The quantitative estimate of drug-likeness (QED) is 0.769. The van der Waals surface area contributed by atoms with Gasteiger partial charge < -0.3 is 0 Å². The van der Waals surface area contributed by atoms with E-state index in [0.29, 0.717) is 6.07 Å². The third-order valence-electron chi connectivity index (χ3n) is 2.01. The molecule has 1 aromatic heterocycles. The lowest BCUT2D eigenvalue weighted by Crippen LogP contribution is -2.15. The molecule has 0 spiro atoms. The van der Waals surface area contributed by atoms with Crippen molar-refractivity contribution in [2.75, 3.05) is 0 Å². The SMILES string of the molecule is N#CCc1c(C#N)cc(C(F)F)nc1C(F)(F)F. The van der Waals surface area contributed by atoms with Crippen LogP contribution < -0.4 is 0 Å². The predicted molar refractivity (Wildman–Crippen MR) is 48.2 cm³/mol. The van der Waals surface area contributed by atoms with Crippen molar-refractivity contribution >= 4 is 0 Å². The average molecular weight is 261 g/mol. The van der Waals surface area contributed by atoms with Gasteiger partial charge in [-0.25, -0.2) is 13.8 Å². The molecule has 0 amide bonds. The number of halogens is 5. The molecule has 0 bridgehead atoms. The average Bonchev–Trinajstić information content (AvgIpc) is 2.27. The summed E-state index contributed by atoms with van der Waals surface area (Å²) in [5, 5.41) is 17.0. The van der Waals surface area contributed by atoms with Crippen LogP contribution in [0.4, 0.5) is 22.0 Å². The molecular weight excluding hydrogens is 257 g/mol. The lowest BCUT2D eigenvalue weighted by Gasteiger charge is -2.13. The maximum atomic E-state index is 12.6. The molecule has 0 aliphatic rings. The fourth-order valence-electron chi connectivity index (χ4n) is 1.30. The van der Waals surface area contributed by atoms with E-state index in [0.717, 1.165) is 0 Å². The van der Waals surface area contributed by atoms with Crippen LogP contribution in [0.1, 0.15) is 28.9 Å². The van der Waals surface area contributed by atoms with E-state index >= 15 is 0 Å². The van der Waals surface area contributed by atoms with Crippen LogP contribution in [0.5, 0.6) is 0 Å². The first-order chi connectivity index (χ1) is 8.31. The Balaban J connectivity index is 3.59. The van der Waals surface area contributed by atoms with Crippen molar-refractivity contribution in [3.8, 4) is 12.1 Å². The highest BCUT2D eigenvalue weighted by Crippen LogP contribution is 2.34. The zero-order chi connectivity index (χ0) is 13.9. The highest BCUT2D eigenvalue weighted by atomic mass is 19.4. The molecule has 0 saturated carbocycles. The molecular formula is C10H4F5N3. The maximum absolute atomic E-state index is 12.6. The summed E-state index contributed by atoms with van der Waals surface area (Å²) < 4.78 is 62.5. The molecule has 1 rings (SSSR count). The summed E-state index contributed by atoms with van der Waals surface area (Å²) >= 11 is 0. The molecule has 1 heterocycles. The summed E-state index contributed by atoms with van der Waals surface area (Å²) in [6, 6.07) is 3.37. The minimum absolute atomic E-state index is 0.562. The number of rotatable bonds is 2. The third kappa shape index (κ3) is 2.72. The molecule has 3 nitrogen and oxygen atoms in total. The summed E-state index contributed by atoms with van der Waals surface area (Å²) in [6.07, 6.45) is -8.95. The van der Waals surface area contributed by atoms with E-state index in [4.69, 9.17) is 10.5 Å². The molecule has 0 saturated heterocycles. The van der Waals surface area contributed by atoms with Gasteiger partial charge >= 0.3 is 6.18 Å². The number of alkyl halides is 5. The van der Waals surface area contributed by atoms with Crippen LogP contribution in [0.3, 0.4) is 0 Å². The van der Waals surface area contributed by atoms with Crippen molar-refractivity contribution in [3.05, 3.63) is 28.6 Å². The number of hydrogen-bond acceptors (Lipinski definition) is 3. The van der Waals surface area contributed by atoms with Gasteiger partial charge in [0.2, 0.25) is 0 Å². The van der Waals surface area contributed by atoms with Crippen molar-refractivity contribution < 1.29 is 22.0 Å².